The first-order valence-electron chi connectivity index (χ1n) is 11.2. The molecule has 6 nitrogen and oxygen atoms in total. The molecule has 0 unspecified atom stereocenters. The normalized spacial score (nSPS) is 13.3. The van der Waals surface area contributed by atoms with E-state index in [0.29, 0.717) is 21.5 Å². The Balaban J connectivity index is 1.36. The number of rotatable bonds is 5. The van der Waals surface area contributed by atoms with Crippen molar-refractivity contribution in [2.45, 2.75) is 0 Å². The number of anilines is 3. The summed E-state index contributed by atoms with van der Waals surface area (Å²) in [5.74, 6) is -9.85. The van der Waals surface area contributed by atoms with Crippen LogP contribution in [0.1, 0.15) is 10.4 Å². The predicted molar refractivity (Wildman–Crippen MR) is 141 cm³/mol. The first-order chi connectivity index (χ1) is 18.1. The van der Waals surface area contributed by atoms with E-state index in [-0.39, 0.29) is 31.3 Å². The molecule has 38 heavy (non-hydrogen) atoms. The number of methoxy groups -OCH3 is 1. The van der Waals surface area contributed by atoms with Gasteiger partial charge in [0.25, 0.3) is 5.91 Å². The van der Waals surface area contributed by atoms with Crippen LogP contribution in [-0.2, 0) is 0 Å². The smallest absolute Gasteiger partial charge is 0.261 e. The Labute approximate surface area is 228 Å². The average Bonchev–Trinajstić information content (AvgIpc) is 2.91. The van der Waals surface area contributed by atoms with Crippen molar-refractivity contribution in [3.63, 3.8) is 0 Å². The van der Waals surface area contributed by atoms with Gasteiger partial charge in [-0.15, -0.1) is 0 Å². The lowest BCUT2D eigenvalue weighted by atomic mass is 10.2. The highest BCUT2D eigenvalue weighted by Gasteiger charge is 2.30. The van der Waals surface area contributed by atoms with Gasteiger partial charge < -0.3 is 19.9 Å². The number of nitrogens with one attached hydrogen (secondary N) is 2. The topological polar surface area (TPSA) is 56.8 Å². The molecule has 4 rings (SSSR count). The summed E-state index contributed by atoms with van der Waals surface area (Å²) >= 11 is 8.55. The van der Waals surface area contributed by atoms with E-state index in [1.807, 2.05) is 4.90 Å². The summed E-state index contributed by atoms with van der Waals surface area (Å²) in [6.07, 6.45) is 0. The third kappa shape index (κ3) is 5.68. The number of carbonyl (C=O) groups is 1. The Bertz CT molecular complexity index is 1360. The molecule has 0 bridgehead atoms. The van der Waals surface area contributed by atoms with E-state index in [2.05, 4.69) is 26.6 Å². The lowest BCUT2D eigenvalue weighted by Crippen LogP contribution is -2.47. The number of ether oxygens (including phenoxy) is 1. The van der Waals surface area contributed by atoms with E-state index < -0.39 is 40.7 Å². The fourth-order valence-corrected chi connectivity index (χ4v) is 4.58. The lowest BCUT2D eigenvalue weighted by molar-refractivity contribution is 0.0974. The van der Waals surface area contributed by atoms with Crippen molar-refractivity contribution < 1.29 is 31.5 Å². The second-order valence-corrected chi connectivity index (χ2v) is 9.52. The summed E-state index contributed by atoms with van der Waals surface area (Å²) in [5, 5.41) is 5.58. The highest BCUT2D eigenvalue weighted by Crippen LogP contribution is 2.31. The van der Waals surface area contributed by atoms with Crippen LogP contribution in [0.2, 0.25) is 0 Å². The zero-order valence-electron chi connectivity index (χ0n) is 19.8. The fraction of sp³-hybridized carbons (Fsp3) is 0.200. The van der Waals surface area contributed by atoms with Gasteiger partial charge in [-0.2, -0.15) is 0 Å². The highest BCUT2D eigenvalue weighted by atomic mass is 79.9. The molecule has 2 N–H and O–H groups in total. The van der Waals surface area contributed by atoms with Crippen LogP contribution in [0.5, 0.6) is 5.75 Å². The Morgan fingerprint density at radius 1 is 0.868 bits per heavy atom. The summed E-state index contributed by atoms with van der Waals surface area (Å²) in [4.78, 5) is 15.7. The molecule has 1 fully saturated rings. The maximum atomic E-state index is 14.2. The predicted octanol–water partition coefficient (Wildman–Crippen LogP) is 5.61. The molecule has 200 valence electrons. The molecule has 0 atom stereocenters. The van der Waals surface area contributed by atoms with Gasteiger partial charge >= 0.3 is 0 Å². The minimum absolute atomic E-state index is 0.0491. The number of thiocarbonyl (C=S) groups is 1. The molecule has 0 aromatic heterocycles. The van der Waals surface area contributed by atoms with Gasteiger partial charge in [0, 0.05) is 42.0 Å². The monoisotopic (exact) mass is 614 g/mol. The van der Waals surface area contributed by atoms with Gasteiger partial charge in [-0.3, -0.25) is 10.1 Å². The minimum Gasteiger partial charge on any atom is -0.496 e. The van der Waals surface area contributed by atoms with E-state index in [4.69, 9.17) is 17.0 Å². The van der Waals surface area contributed by atoms with Crippen LogP contribution >= 0.6 is 28.1 Å². The van der Waals surface area contributed by atoms with E-state index in [9.17, 15) is 26.7 Å². The number of piperazine rings is 1. The van der Waals surface area contributed by atoms with Crippen LogP contribution < -0.4 is 25.2 Å². The van der Waals surface area contributed by atoms with Crippen LogP contribution in [0.15, 0.2) is 46.9 Å². The molecule has 3 aromatic rings. The van der Waals surface area contributed by atoms with Gasteiger partial charge in [-0.25, -0.2) is 22.0 Å². The van der Waals surface area contributed by atoms with Crippen molar-refractivity contribution in [3.8, 4) is 5.75 Å². The molecule has 0 spiro atoms. The lowest BCUT2D eigenvalue weighted by Gasteiger charge is -2.37. The molecule has 0 aliphatic carbocycles. The quantitative estimate of drug-likeness (QED) is 0.169. The van der Waals surface area contributed by atoms with Crippen LogP contribution in [0.4, 0.5) is 39.0 Å². The molecular weight excluding hydrogens is 595 g/mol. The molecule has 1 aliphatic heterocycles. The van der Waals surface area contributed by atoms with Crippen LogP contribution in [0.25, 0.3) is 0 Å². The highest BCUT2D eigenvalue weighted by molar-refractivity contribution is 9.10. The Morgan fingerprint density at radius 2 is 1.42 bits per heavy atom. The zero-order valence-corrected chi connectivity index (χ0v) is 22.2. The number of hydrogen-bond donors (Lipinski definition) is 2. The Kier molecular flexibility index (Phi) is 8.36. The molecule has 1 amide bonds. The van der Waals surface area contributed by atoms with Gasteiger partial charge in [0.05, 0.1) is 12.7 Å². The number of hydrogen-bond acceptors (Lipinski definition) is 5. The van der Waals surface area contributed by atoms with Gasteiger partial charge in [-0.1, -0.05) is 15.9 Å². The first-order valence-corrected chi connectivity index (χ1v) is 12.4. The second kappa shape index (κ2) is 11.5. The Morgan fingerprint density at radius 3 is 2.00 bits per heavy atom. The SMILES string of the molecule is COc1ccc(Br)cc1C(=O)NC(=S)Nc1ccc(N2CCN(c3c(F)c(F)c(F)c(F)c3F)CC2)cc1. The standard InChI is InChI=1S/C25H20BrF5N4O2S/c1-37-17-7-2-13(26)12-16(17)24(36)33-25(38)32-14-3-5-15(6-4-14)34-8-10-35(11-9-34)23-21(30)19(28)18(27)20(29)22(23)31/h2-7,12H,8-11H2,1H3,(H2,32,33,36,38). The van der Waals surface area contributed by atoms with Crippen LogP contribution in [-0.4, -0.2) is 44.3 Å². The minimum atomic E-state index is -2.18. The second-order valence-electron chi connectivity index (χ2n) is 8.19. The number of amides is 1. The zero-order chi connectivity index (χ0) is 27.6. The van der Waals surface area contributed by atoms with Gasteiger partial charge in [0.1, 0.15) is 11.4 Å². The Hall–Kier alpha value is -3.45. The van der Waals surface area contributed by atoms with E-state index in [0.717, 1.165) is 10.6 Å². The van der Waals surface area contributed by atoms with Crippen LogP contribution in [0.3, 0.4) is 0 Å². The molecule has 0 radical (unpaired) electrons. The van der Waals surface area contributed by atoms with E-state index >= 15 is 0 Å². The summed E-state index contributed by atoms with van der Waals surface area (Å²) < 4.78 is 74.8. The molecule has 1 heterocycles. The number of benzene rings is 3. The summed E-state index contributed by atoms with van der Waals surface area (Å²) in [5.41, 5.74) is 0.754. The molecule has 0 saturated carbocycles. The molecule has 1 saturated heterocycles. The van der Waals surface area contributed by atoms with Crippen molar-refractivity contribution in [2.24, 2.45) is 0 Å². The van der Waals surface area contributed by atoms with Crippen LogP contribution in [0, 0.1) is 29.1 Å². The fourth-order valence-electron chi connectivity index (χ4n) is 4.01. The first kappa shape index (κ1) is 27.6. The maximum Gasteiger partial charge on any atom is 0.261 e. The van der Waals surface area contributed by atoms with Gasteiger partial charge in [-0.05, 0) is 54.7 Å². The van der Waals surface area contributed by atoms with Crippen molar-refractivity contribution in [1.82, 2.24) is 5.32 Å². The van der Waals surface area contributed by atoms with Crippen molar-refractivity contribution in [2.75, 3.05) is 48.4 Å². The van der Waals surface area contributed by atoms with Crippen molar-refractivity contribution >= 4 is 56.2 Å². The van der Waals surface area contributed by atoms with Crippen molar-refractivity contribution in [3.05, 3.63) is 81.6 Å². The molecule has 1 aliphatic rings. The largest absolute Gasteiger partial charge is 0.496 e. The van der Waals surface area contributed by atoms with E-state index in [1.165, 1.54) is 7.11 Å². The average molecular weight is 615 g/mol. The van der Waals surface area contributed by atoms with Gasteiger partial charge in [0.15, 0.2) is 28.4 Å². The summed E-state index contributed by atoms with van der Waals surface area (Å²) in [7, 11) is 1.46. The summed E-state index contributed by atoms with van der Waals surface area (Å²) in [6, 6.07) is 12.0. The third-order valence-electron chi connectivity index (χ3n) is 5.91. The summed E-state index contributed by atoms with van der Waals surface area (Å²) in [6.45, 7) is 0.672. The molecule has 13 heteroatoms. The van der Waals surface area contributed by atoms with Crippen molar-refractivity contribution in [1.29, 1.82) is 0 Å². The number of nitrogens with zero attached hydrogens (tertiary/aromatic N) is 2. The third-order valence-corrected chi connectivity index (χ3v) is 6.60. The molecule has 3 aromatic carbocycles. The molecular formula is C25H20BrF5N4O2S. The maximum absolute atomic E-state index is 14.2. The number of halogens is 6. The van der Waals surface area contributed by atoms with Gasteiger partial charge in [0.2, 0.25) is 5.82 Å². The van der Waals surface area contributed by atoms with E-state index in [1.54, 1.807) is 42.5 Å². The number of carbonyl (C=O) groups excluding carboxylic acids is 1.